The smallest absolute Gasteiger partial charge is 0.270 e. The van der Waals surface area contributed by atoms with Gasteiger partial charge in [-0.05, 0) is 23.8 Å². The maximum atomic E-state index is 12.1. The Balaban J connectivity index is 1.89. The predicted octanol–water partition coefficient (Wildman–Crippen LogP) is 3.26. The molecule has 2 aromatic rings. The van der Waals surface area contributed by atoms with Crippen molar-refractivity contribution in [2.24, 2.45) is 0 Å². The van der Waals surface area contributed by atoms with Crippen LogP contribution in [0.3, 0.4) is 0 Å². The number of ether oxygens (including phenoxy) is 1. The number of nitro groups is 1. The number of non-ortho nitro benzene ring substituents is 1. The van der Waals surface area contributed by atoms with Crippen LogP contribution >= 0.6 is 15.9 Å². The van der Waals surface area contributed by atoms with E-state index < -0.39 is 4.92 Å². The van der Waals surface area contributed by atoms with Crippen molar-refractivity contribution in [2.75, 3.05) is 19.0 Å². The highest BCUT2D eigenvalue weighted by molar-refractivity contribution is 9.10. The van der Waals surface area contributed by atoms with E-state index in [4.69, 9.17) is 4.74 Å². The maximum absolute atomic E-state index is 12.1. The summed E-state index contributed by atoms with van der Waals surface area (Å²) in [6.45, 7) is 1.09. The molecule has 25 heavy (non-hydrogen) atoms. The fourth-order valence-electron chi connectivity index (χ4n) is 2.79. The minimum atomic E-state index is -0.523. The third-order valence-corrected chi connectivity index (χ3v) is 4.44. The zero-order valence-corrected chi connectivity index (χ0v) is 15.1. The van der Waals surface area contributed by atoms with Gasteiger partial charge >= 0.3 is 0 Å². The molecule has 0 spiro atoms. The molecule has 0 atom stereocenters. The lowest BCUT2D eigenvalue weighted by Crippen LogP contribution is -2.20. The summed E-state index contributed by atoms with van der Waals surface area (Å²) in [5.74, 6) is 0.473. The molecule has 0 saturated heterocycles. The van der Waals surface area contributed by atoms with Crippen LogP contribution in [0.2, 0.25) is 0 Å². The Morgan fingerprint density at radius 3 is 2.88 bits per heavy atom. The quantitative estimate of drug-likeness (QED) is 0.587. The molecule has 7 nitrogen and oxygen atoms in total. The van der Waals surface area contributed by atoms with Crippen LogP contribution < -0.4 is 15.4 Å². The molecule has 0 aromatic heterocycles. The van der Waals surface area contributed by atoms with Crippen LogP contribution in [0, 0.1) is 10.1 Å². The fraction of sp³-hybridized carbons (Fsp3) is 0.235. The van der Waals surface area contributed by atoms with Crippen LogP contribution in [-0.2, 0) is 13.0 Å². The number of fused-ring (bicyclic) bond motifs is 1. The van der Waals surface area contributed by atoms with E-state index in [1.54, 1.807) is 6.07 Å². The number of benzene rings is 2. The number of anilines is 1. The van der Waals surface area contributed by atoms with Crippen molar-refractivity contribution in [3.8, 4) is 5.75 Å². The molecule has 0 saturated carbocycles. The van der Waals surface area contributed by atoms with Gasteiger partial charge in [0.2, 0.25) is 0 Å². The molecule has 2 N–H and O–H groups in total. The van der Waals surface area contributed by atoms with Crippen LogP contribution in [0.4, 0.5) is 11.4 Å². The SMILES string of the molecule is CNC(=O)c1cc([N+](=O)[O-])ccc1NCc1cc(Br)cc2c1OCC2. The molecule has 0 radical (unpaired) electrons. The second-order valence-electron chi connectivity index (χ2n) is 5.57. The lowest BCUT2D eigenvalue weighted by Gasteiger charge is -2.14. The van der Waals surface area contributed by atoms with Gasteiger partial charge in [0.25, 0.3) is 11.6 Å². The predicted molar refractivity (Wildman–Crippen MR) is 97.2 cm³/mol. The summed E-state index contributed by atoms with van der Waals surface area (Å²) in [4.78, 5) is 22.5. The Hall–Kier alpha value is -2.61. The number of halogens is 1. The van der Waals surface area contributed by atoms with E-state index in [0.717, 1.165) is 27.8 Å². The zero-order valence-electron chi connectivity index (χ0n) is 13.5. The molecule has 0 fully saturated rings. The van der Waals surface area contributed by atoms with E-state index in [9.17, 15) is 14.9 Å². The molecule has 0 unspecified atom stereocenters. The lowest BCUT2D eigenvalue weighted by atomic mass is 10.1. The number of rotatable bonds is 5. The molecular weight excluding hydrogens is 390 g/mol. The van der Waals surface area contributed by atoms with Gasteiger partial charge in [-0.1, -0.05) is 15.9 Å². The van der Waals surface area contributed by atoms with Gasteiger partial charge in [-0.25, -0.2) is 0 Å². The number of nitrogens with one attached hydrogen (secondary N) is 2. The largest absolute Gasteiger partial charge is 0.493 e. The van der Waals surface area contributed by atoms with Crippen molar-refractivity contribution < 1.29 is 14.5 Å². The third kappa shape index (κ3) is 3.58. The van der Waals surface area contributed by atoms with Gasteiger partial charge in [0.15, 0.2) is 0 Å². The highest BCUT2D eigenvalue weighted by atomic mass is 79.9. The van der Waals surface area contributed by atoms with Gasteiger partial charge in [0, 0.05) is 47.9 Å². The third-order valence-electron chi connectivity index (χ3n) is 3.98. The zero-order chi connectivity index (χ0) is 18.0. The minimum Gasteiger partial charge on any atom is -0.493 e. The summed E-state index contributed by atoms with van der Waals surface area (Å²) >= 11 is 3.49. The highest BCUT2D eigenvalue weighted by Gasteiger charge is 2.19. The number of nitro benzene ring substituents is 1. The first-order valence-corrected chi connectivity index (χ1v) is 8.47. The minimum absolute atomic E-state index is 0.129. The second kappa shape index (κ2) is 7.10. The number of carbonyl (C=O) groups excluding carboxylic acids is 1. The van der Waals surface area contributed by atoms with E-state index >= 15 is 0 Å². The van der Waals surface area contributed by atoms with E-state index in [0.29, 0.717) is 18.8 Å². The van der Waals surface area contributed by atoms with Crippen molar-refractivity contribution in [1.82, 2.24) is 5.32 Å². The van der Waals surface area contributed by atoms with Crippen molar-refractivity contribution in [1.29, 1.82) is 0 Å². The summed E-state index contributed by atoms with van der Waals surface area (Å²) in [5, 5.41) is 16.6. The van der Waals surface area contributed by atoms with Crippen LogP contribution in [0.25, 0.3) is 0 Å². The summed E-state index contributed by atoms with van der Waals surface area (Å²) in [6.07, 6.45) is 0.864. The number of carbonyl (C=O) groups is 1. The maximum Gasteiger partial charge on any atom is 0.270 e. The molecule has 0 aliphatic carbocycles. The fourth-order valence-corrected chi connectivity index (χ4v) is 3.34. The topological polar surface area (TPSA) is 93.5 Å². The van der Waals surface area contributed by atoms with Gasteiger partial charge in [-0.15, -0.1) is 0 Å². The molecule has 0 bridgehead atoms. The van der Waals surface area contributed by atoms with Crippen molar-refractivity contribution in [2.45, 2.75) is 13.0 Å². The average molecular weight is 406 g/mol. The van der Waals surface area contributed by atoms with Crippen LogP contribution in [0.5, 0.6) is 5.75 Å². The Morgan fingerprint density at radius 2 is 2.16 bits per heavy atom. The monoisotopic (exact) mass is 405 g/mol. The van der Waals surface area contributed by atoms with Crippen LogP contribution in [-0.4, -0.2) is 24.5 Å². The molecule has 1 heterocycles. The van der Waals surface area contributed by atoms with Crippen molar-refractivity contribution >= 4 is 33.2 Å². The number of hydrogen-bond donors (Lipinski definition) is 2. The van der Waals surface area contributed by atoms with Crippen molar-refractivity contribution in [3.63, 3.8) is 0 Å². The molecule has 3 rings (SSSR count). The van der Waals surface area contributed by atoms with Gasteiger partial charge < -0.3 is 15.4 Å². The Kier molecular flexibility index (Phi) is 4.89. The average Bonchev–Trinajstić information content (AvgIpc) is 3.07. The second-order valence-corrected chi connectivity index (χ2v) is 6.49. The highest BCUT2D eigenvalue weighted by Crippen LogP contribution is 2.33. The number of hydrogen-bond acceptors (Lipinski definition) is 5. The molecule has 1 aliphatic heterocycles. The van der Waals surface area contributed by atoms with E-state index in [2.05, 4.69) is 26.6 Å². The first-order valence-electron chi connectivity index (χ1n) is 7.68. The molecular formula is C17H16BrN3O4. The number of amides is 1. The molecule has 1 aliphatic rings. The Bertz CT molecular complexity index is 854. The van der Waals surface area contributed by atoms with Crippen LogP contribution in [0.1, 0.15) is 21.5 Å². The summed E-state index contributed by atoms with van der Waals surface area (Å²) in [7, 11) is 1.49. The first-order chi connectivity index (χ1) is 12.0. The molecule has 2 aromatic carbocycles. The van der Waals surface area contributed by atoms with E-state index in [1.807, 2.05) is 12.1 Å². The van der Waals surface area contributed by atoms with E-state index in [-0.39, 0.29) is 17.2 Å². The summed E-state index contributed by atoms with van der Waals surface area (Å²) < 4.78 is 6.65. The van der Waals surface area contributed by atoms with E-state index in [1.165, 1.54) is 19.2 Å². The summed E-state index contributed by atoms with van der Waals surface area (Å²) in [5.41, 5.74) is 2.72. The Morgan fingerprint density at radius 1 is 1.36 bits per heavy atom. The summed E-state index contributed by atoms with van der Waals surface area (Å²) in [6, 6.07) is 8.18. The first kappa shape index (κ1) is 17.2. The van der Waals surface area contributed by atoms with Crippen LogP contribution in [0.15, 0.2) is 34.8 Å². The molecule has 8 heteroatoms. The normalized spacial score (nSPS) is 12.2. The Labute approximate surface area is 152 Å². The molecule has 130 valence electrons. The molecule has 1 amide bonds. The van der Waals surface area contributed by atoms with Gasteiger partial charge in [0.1, 0.15) is 5.75 Å². The van der Waals surface area contributed by atoms with Gasteiger partial charge in [-0.3, -0.25) is 14.9 Å². The number of nitrogens with zero attached hydrogens (tertiary/aromatic N) is 1. The standard InChI is InChI=1S/C17H16BrN3O4/c1-19-17(22)14-8-13(21(23)24)2-3-15(14)20-9-11-7-12(18)6-10-4-5-25-16(10)11/h2-3,6-8,20H,4-5,9H2,1H3,(H,19,22). The van der Waals surface area contributed by atoms with Gasteiger partial charge in [0.05, 0.1) is 17.1 Å². The lowest BCUT2D eigenvalue weighted by molar-refractivity contribution is -0.384. The van der Waals surface area contributed by atoms with Gasteiger partial charge in [-0.2, -0.15) is 0 Å². The van der Waals surface area contributed by atoms with Crippen molar-refractivity contribution in [3.05, 3.63) is 61.6 Å².